The van der Waals surface area contributed by atoms with Gasteiger partial charge >= 0.3 is 12.4 Å². The summed E-state index contributed by atoms with van der Waals surface area (Å²) in [6.45, 7) is 3.35. The highest BCUT2D eigenvalue weighted by Gasteiger charge is 2.37. The quantitative estimate of drug-likeness (QED) is 0.531. The number of pyridine rings is 1. The Kier molecular flexibility index (Phi) is 6.26. The number of hydrogen-bond donors (Lipinski definition) is 2. The average Bonchev–Trinajstić information content (AvgIpc) is 3.21. The molecular weight excluding hydrogens is 456 g/mol. The van der Waals surface area contributed by atoms with Gasteiger partial charge in [0.2, 0.25) is 5.95 Å². The van der Waals surface area contributed by atoms with E-state index in [0.717, 1.165) is 4.90 Å². The normalized spacial score (nSPS) is 16.2. The molecule has 0 unspecified atom stereocenters. The average molecular weight is 478 g/mol. The summed E-state index contributed by atoms with van der Waals surface area (Å²) >= 11 is 0. The van der Waals surface area contributed by atoms with Crippen molar-refractivity contribution in [3.8, 4) is 11.1 Å². The molecule has 1 aliphatic heterocycles. The number of carbonyl (C=O) groups is 1. The van der Waals surface area contributed by atoms with Crippen molar-refractivity contribution in [2.75, 3.05) is 30.8 Å². The Labute approximate surface area is 192 Å². The maximum atomic E-state index is 14.7. The molecule has 0 bridgehead atoms. The molecule has 0 aliphatic carbocycles. The maximum absolute atomic E-state index is 14.7. The number of amides is 2. The molecule has 1 aromatic carbocycles. The van der Waals surface area contributed by atoms with Gasteiger partial charge in [-0.25, -0.2) is 19.2 Å². The molecule has 0 saturated carbocycles. The van der Waals surface area contributed by atoms with Crippen LogP contribution in [0.4, 0.5) is 34.0 Å². The number of halogens is 4. The Morgan fingerprint density at radius 1 is 1.18 bits per heavy atom. The monoisotopic (exact) mass is 478 g/mol. The predicted octanol–water partition coefficient (Wildman–Crippen LogP) is 4.63. The summed E-state index contributed by atoms with van der Waals surface area (Å²) in [6, 6.07) is 3.90. The lowest BCUT2D eigenvalue weighted by Crippen LogP contribution is -2.35. The van der Waals surface area contributed by atoms with Gasteiger partial charge in [-0.15, -0.1) is 13.2 Å². The first-order valence-corrected chi connectivity index (χ1v) is 10.5. The van der Waals surface area contributed by atoms with Gasteiger partial charge in [0.25, 0.3) is 0 Å². The van der Waals surface area contributed by atoms with Crippen LogP contribution >= 0.6 is 0 Å². The molecule has 1 fully saturated rings. The van der Waals surface area contributed by atoms with E-state index < -0.39 is 24.3 Å². The van der Waals surface area contributed by atoms with Crippen molar-refractivity contribution < 1.29 is 27.1 Å². The van der Waals surface area contributed by atoms with Crippen LogP contribution < -0.4 is 10.6 Å². The fourth-order valence-electron chi connectivity index (χ4n) is 3.90. The molecule has 12 heteroatoms. The predicted molar refractivity (Wildman–Crippen MR) is 118 cm³/mol. The van der Waals surface area contributed by atoms with Crippen LogP contribution in [-0.2, 0) is 4.74 Å². The molecular formula is C22H22F4N6O2. The molecule has 180 valence electrons. The Morgan fingerprint density at radius 2 is 1.94 bits per heavy atom. The van der Waals surface area contributed by atoms with Gasteiger partial charge in [-0.2, -0.15) is 4.98 Å². The fraction of sp³-hybridized carbons (Fsp3) is 0.364. The summed E-state index contributed by atoms with van der Waals surface area (Å²) in [6.07, 6.45) is -4.27. The van der Waals surface area contributed by atoms with Crippen molar-refractivity contribution in [3.63, 3.8) is 0 Å². The van der Waals surface area contributed by atoms with E-state index in [-0.39, 0.29) is 25.2 Å². The van der Waals surface area contributed by atoms with Crippen LogP contribution in [0.15, 0.2) is 24.4 Å². The summed E-state index contributed by atoms with van der Waals surface area (Å²) in [7, 11) is 1.70. The first-order chi connectivity index (χ1) is 16.0. The van der Waals surface area contributed by atoms with Gasteiger partial charge in [0.1, 0.15) is 5.82 Å². The largest absolute Gasteiger partial charge is 0.522 e. The van der Waals surface area contributed by atoms with E-state index in [9.17, 15) is 22.4 Å². The van der Waals surface area contributed by atoms with E-state index in [0.29, 0.717) is 39.4 Å². The van der Waals surface area contributed by atoms with Crippen molar-refractivity contribution in [2.45, 2.75) is 32.7 Å². The highest BCUT2D eigenvalue weighted by Crippen LogP contribution is 2.33. The number of fused-ring (bicyclic) bond motifs is 1. The summed E-state index contributed by atoms with van der Waals surface area (Å²) in [5, 5.41) is 6.00. The number of carbonyl (C=O) groups excluding carboxylic acids is 1. The third kappa shape index (κ3) is 5.01. The summed E-state index contributed by atoms with van der Waals surface area (Å²) in [5.74, 6) is -0.231. The zero-order valence-corrected chi connectivity index (χ0v) is 18.6. The van der Waals surface area contributed by atoms with Gasteiger partial charge in [0.15, 0.2) is 5.65 Å². The first kappa shape index (κ1) is 23.6. The van der Waals surface area contributed by atoms with E-state index in [1.807, 2.05) is 6.07 Å². The second-order valence-corrected chi connectivity index (χ2v) is 7.98. The number of aryl methyl sites for hydroxylation is 2. The molecule has 0 radical (unpaired) electrons. The number of alkyl halides is 3. The molecule has 3 aromatic rings. The van der Waals surface area contributed by atoms with Gasteiger partial charge in [0, 0.05) is 43.0 Å². The SMILES string of the molecule is CNc1ncc2cc(-c3cc(NC(=O)N4CC[C@H](OC(F)(F)F)C4)c(F)cc3C)c(C)nc2n1. The Bertz CT molecular complexity index is 1250. The molecule has 2 aromatic heterocycles. The van der Waals surface area contributed by atoms with Gasteiger partial charge in [-0.3, -0.25) is 4.74 Å². The van der Waals surface area contributed by atoms with Crippen LogP contribution in [0.2, 0.25) is 0 Å². The first-order valence-electron chi connectivity index (χ1n) is 10.5. The van der Waals surface area contributed by atoms with Crippen molar-refractivity contribution in [2.24, 2.45) is 0 Å². The molecule has 8 nitrogen and oxygen atoms in total. The van der Waals surface area contributed by atoms with E-state index in [2.05, 4.69) is 30.3 Å². The molecule has 1 aliphatic rings. The van der Waals surface area contributed by atoms with Crippen LogP contribution in [-0.4, -0.2) is 58.5 Å². The number of rotatable bonds is 4. The van der Waals surface area contributed by atoms with Crippen LogP contribution in [0.3, 0.4) is 0 Å². The minimum absolute atomic E-state index is 0.0356. The minimum Gasteiger partial charge on any atom is -0.357 e. The number of nitrogens with one attached hydrogen (secondary N) is 2. The standard InChI is InChI=1S/C22H22F4N6O2/c1-11-6-17(23)18(30-21(33)32-5-4-14(10-32)34-22(24,25)26)8-15(11)16-7-13-9-28-20(27-3)31-19(13)29-12(16)2/h6-9,14H,4-5,10H2,1-3H3,(H,30,33)(H,27,28,29,31)/t14-/m0/s1. The summed E-state index contributed by atoms with van der Waals surface area (Å²) in [5.41, 5.74) is 3.02. The highest BCUT2D eigenvalue weighted by molar-refractivity contribution is 5.91. The molecule has 2 amide bonds. The number of aromatic nitrogens is 3. The fourth-order valence-corrected chi connectivity index (χ4v) is 3.90. The zero-order valence-electron chi connectivity index (χ0n) is 18.6. The number of ether oxygens (including phenoxy) is 1. The van der Waals surface area contributed by atoms with Gasteiger partial charge in [-0.05, 0) is 49.6 Å². The molecule has 0 spiro atoms. The van der Waals surface area contributed by atoms with E-state index in [4.69, 9.17) is 0 Å². The van der Waals surface area contributed by atoms with Crippen LogP contribution in [0.25, 0.3) is 22.2 Å². The number of likely N-dealkylation sites (tertiary alicyclic amines) is 1. The second kappa shape index (κ2) is 9.01. The third-order valence-corrected chi connectivity index (χ3v) is 5.56. The number of benzene rings is 1. The summed E-state index contributed by atoms with van der Waals surface area (Å²) in [4.78, 5) is 26.8. The lowest BCUT2D eigenvalue weighted by molar-refractivity contribution is -0.340. The molecule has 34 heavy (non-hydrogen) atoms. The van der Waals surface area contributed by atoms with E-state index in [1.165, 1.54) is 12.1 Å². The lowest BCUT2D eigenvalue weighted by Gasteiger charge is -2.19. The minimum atomic E-state index is -4.78. The molecule has 3 heterocycles. The smallest absolute Gasteiger partial charge is 0.357 e. The van der Waals surface area contributed by atoms with Crippen molar-refractivity contribution in [1.82, 2.24) is 19.9 Å². The highest BCUT2D eigenvalue weighted by atomic mass is 19.4. The van der Waals surface area contributed by atoms with Crippen LogP contribution in [0.1, 0.15) is 17.7 Å². The van der Waals surface area contributed by atoms with Gasteiger partial charge in [-0.1, -0.05) is 0 Å². The maximum Gasteiger partial charge on any atom is 0.522 e. The topological polar surface area (TPSA) is 92.3 Å². The molecule has 4 rings (SSSR count). The Morgan fingerprint density at radius 3 is 2.65 bits per heavy atom. The third-order valence-electron chi connectivity index (χ3n) is 5.56. The zero-order chi connectivity index (χ0) is 24.6. The Hall–Kier alpha value is -3.54. The lowest BCUT2D eigenvalue weighted by atomic mass is 9.97. The number of anilines is 2. The molecule has 1 atom stereocenters. The molecule has 1 saturated heterocycles. The number of nitrogens with zero attached hydrogens (tertiary/aromatic N) is 4. The van der Waals surface area contributed by atoms with Gasteiger partial charge in [0.05, 0.1) is 11.8 Å². The second-order valence-electron chi connectivity index (χ2n) is 7.98. The van der Waals surface area contributed by atoms with Crippen molar-refractivity contribution in [3.05, 3.63) is 41.5 Å². The number of hydrogen-bond acceptors (Lipinski definition) is 6. The number of urea groups is 1. The summed E-state index contributed by atoms with van der Waals surface area (Å²) < 4.78 is 56.0. The van der Waals surface area contributed by atoms with Crippen LogP contribution in [0, 0.1) is 19.7 Å². The van der Waals surface area contributed by atoms with Crippen molar-refractivity contribution >= 4 is 28.7 Å². The van der Waals surface area contributed by atoms with Gasteiger partial charge < -0.3 is 15.5 Å². The van der Waals surface area contributed by atoms with Crippen LogP contribution in [0.5, 0.6) is 0 Å². The molecule has 2 N–H and O–H groups in total. The van der Waals surface area contributed by atoms with E-state index in [1.54, 1.807) is 27.1 Å². The van der Waals surface area contributed by atoms with E-state index >= 15 is 0 Å². The van der Waals surface area contributed by atoms with Crippen molar-refractivity contribution in [1.29, 1.82) is 0 Å². The Balaban J connectivity index is 1.59.